The van der Waals surface area contributed by atoms with Gasteiger partial charge in [-0.05, 0) is 36.9 Å². The van der Waals surface area contributed by atoms with Crippen molar-refractivity contribution in [1.82, 2.24) is 15.2 Å². The predicted octanol–water partition coefficient (Wildman–Crippen LogP) is 1.34. The van der Waals surface area contributed by atoms with Gasteiger partial charge in [0, 0.05) is 38.3 Å². The number of hydrogen-bond acceptors (Lipinski definition) is 5. The van der Waals surface area contributed by atoms with E-state index >= 15 is 0 Å². The number of hydrogen-bond donors (Lipinski definition) is 2. The number of morpholine rings is 1. The van der Waals surface area contributed by atoms with E-state index in [2.05, 4.69) is 34.3 Å². The average Bonchev–Trinajstić information content (AvgIpc) is 2.82. The van der Waals surface area contributed by atoms with E-state index in [9.17, 15) is 4.79 Å². The molecule has 0 amide bonds. The number of benzene rings is 1. The van der Waals surface area contributed by atoms with E-state index in [0.29, 0.717) is 26.4 Å². The smallest absolute Gasteiger partial charge is 0.252 e. The highest BCUT2D eigenvalue weighted by Crippen LogP contribution is 2.22. The van der Waals surface area contributed by atoms with Gasteiger partial charge in [-0.3, -0.25) is 9.69 Å². The number of pyridine rings is 1. The highest BCUT2D eigenvalue weighted by atomic mass is 16.5. The van der Waals surface area contributed by atoms with Crippen LogP contribution in [0.25, 0.3) is 10.9 Å². The van der Waals surface area contributed by atoms with Gasteiger partial charge in [-0.25, -0.2) is 0 Å². The van der Waals surface area contributed by atoms with Crippen LogP contribution in [0.2, 0.25) is 0 Å². The zero-order valence-corrected chi connectivity index (χ0v) is 15.6. The molecule has 2 aromatic rings. The van der Waals surface area contributed by atoms with Gasteiger partial charge in [0.25, 0.3) is 5.56 Å². The fraction of sp³-hybridized carbons (Fsp3) is 0.550. The first-order chi connectivity index (χ1) is 12.5. The van der Waals surface area contributed by atoms with E-state index in [1.165, 1.54) is 5.56 Å². The maximum atomic E-state index is 12.6. The quantitative estimate of drug-likeness (QED) is 0.849. The Morgan fingerprint density at radius 2 is 2.12 bits per heavy atom. The van der Waals surface area contributed by atoms with Gasteiger partial charge in [0.15, 0.2) is 0 Å². The van der Waals surface area contributed by atoms with Crippen molar-refractivity contribution in [3.8, 4) is 0 Å². The van der Waals surface area contributed by atoms with Gasteiger partial charge in [0.1, 0.15) is 5.60 Å². The minimum absolute atomic E-state index is 0.000219. The summed E-state index contributed by atoms with van der Waals surface area (Å²) in [6, 6.07) is 6.27. The summed E-state index contributed by atoms with van der Waals surface area (Å²) in [4.78, 5) is 18.0. The van der Waals surface area contributed by atoms with Gasteiger partial charge in [0.2, 0.25) is 0 Å². The fourth-order valence-electron chi connectivity index (χ4n) is 4.11. The van der Waals surface area contributed by atoms with E-state index in [0.717, 1.165) is 48.2 Å². The first-order valence-corrected chi connectivity index (χ1v) is 9.33. The summed E-state index contributed by atoms with van der Waals surface area (Å²) in [5.74, 6) is 0. The molecule has 2 saturated heterocycles. The third kappa shape index (κ3) is 3.55. The summed E-state index contributed by atoms with van der Waals surface area (Å²) >= 11 is 0. The monoisotopic (exact) mass is 357 g/mol. The van der Waals surface area contributed by atoms with Crippen LogP contribution in [0.3, 0.4) is 0 Å². The maximum Gasteiger partial charge on any atom is 0.252 e. The SMILES string of the molecule is Cc1cc(C)c2[nH]c(=O)c(CN3CCOC4(CNCCOC4)C3)cc2c1. The highest BCUT2D eigenvalue weighted by Gasteiger charge is 2.38. The summed E-state index contributed by atoms with van der Waals surface area (Å²) in [5, 5.41) is 4.49. The molecule has 4 rings (SSSR count). The lowest BCUT2D eigenvalue weighted by Gasteiger charge is -2.41. The van der Waals surface area contributed by atoms with Crippen LogP contribution in [0.5, 0.6) is 0 Å². The van der Waals surface area contributed by atoms with Crippen molar-refractivity contribution in [2.24, 2.45) is 0 Å². The number of nitrogens with zero attached hydrogens (tertiary/aromatic N) is 1. The standard InChI is InChI=1S/C20H27N3O3/c1-14-7-15(2)18-16(8-14)9-17(19(24)22-18)10-23-4-6-26-20(12-23)11-21-3-5-25-13-20/h7-9,21H,3-6,10-13H2,1-2H3,(H,22,24). The molecule has 1 spiro atoms. The van der Waals surface area contributed by atoms with Crippen LogP contribution in [0.1, 0.15) is 16.7 Å². The maximum absolute atomic E-state index is 12.6. The molecule has 26 heavy (non-hydrogen) atoms. The van der Waals surface area contributed by atoms with E-state index in [-0.39, 0.29) is 11.2 Å². The van der Waals surface area contributed by atoms with E-state index in [4.69, 9.17) is 9.47 Å². The molecule has 2 fully saturated rings. The number of nitrogens with one attached hydrogen (secondary N) is 2. The molecule has 2 aliphatic heterocycles. The molecule has 0 saturated carbocycles. The molecular weight excluding hydrogens is 330 g/mol. The third-order valence-electron chi connectivity index (χ3n) is 5.33. The summed E-state index contributed by atoms with van der Waals surface area (Å²) in [6.07, 6.45) is 0. The zero-order chi connectivity index (χ0) is 18.1. The van der Waals surface area contributed by atoms with Crippen molar-refractivity contribution in [2.45, 2.75) is 26.0 Å². The number of H-pyrrole nitrogens is 1. The third-order valence-corrected chi connectivity index (χ3v) is 5.33. The number of aromatic nitrogens is 1. The number of fused-ring (bicyclic) bond motifs is 1. The minimum Gasteiger partial charge on any atom is -0.377 e. The van der Waals surface area contributed by atoms with Crippen molar-refractivity contribution >= 4 is 10.9 Å². The molecule has 2 N–H and O–H groups in total. The van der Waals surface area contributed by atoms with Crippen LogP contribution < -0.4 is 10.9 Å². The van der Waals surface area contributed by atoms with E-state index in [1.807, 2.05) is 13.0 Å². The van der Waals surface area contributed by atoms with Crippen molar-refractivity contribution in [3.05, 3.63) is 45.2 Å². The van der Waals surface area contributed by atoms with Gasteiger partial charge >= 0.3 is 0 Å². The molecule has 0 bridgehead atoms. The van der Waals surface area contributed by atoms with Gasteiger partial charge < -0.3 is 19.8 Å². The Hall–Kier alpha value is -1.73. The second-order valence-corrected chi connectivity index (χ2v) is 7.64. The Labute approximate surface area is 153 Å². The van der Waals surface area contributed by atoms with Crippen LogP contribution in [-0.4, -0.2) is 61.5 Å². The van der Waals surface area contributed by atoms with Crippen LogP contribution >= 0.6 is 0 Å². The molecule has 140 valence electrons. The normalized spacial score (nSPS) is 24.8. The average molecular weight is 357 g/mol. The van der Waals surface area contributed by atoms with Crippen molar-refractivity contribution < 1.29 is 9.47 Å². The number of aryl methyl sites for hydroxylation is 2. The molecule has 0 radical (unpaired) electrons. The Morgan fingerprint density at radius 1 is 1.23 bits per heavy atom. The van der Waals surface area contributed by atoms with E-state index in [1.54, 1.807) is 0 Å². The van der Waals surface area contributed by atoms with Crippen LogP contribution in [-0.2, 0) is 16.0 Å². The minimum atomic E-state index is -0.314. The Bertz CT molecular complexity index is 853. The van der Waals surface area contributed by atoms with Crippen LogP contribution in [0.15, 0.2) is 23.0 Å². The topological polar surface area (TPSA) is 66.6 Å². The van der Waals surface area contributed by atoms with Crippen molar-refractivity contribution in [3.63, 3.8) is 0 Å². The first kappa shape index (κ1) is 17.7. The fourth-order valence-corrected chi connectivity index (χ4v) is 4.11. The molecule has 2 aliphatic rings. The Morgan fingerprint density at radius 3 is 3.00 bits per heavy atom. The molecule has 1 aromatic heterocycles. The lowest BCUT2D eigenvalue weighted by atomic mass is 10.0. The molecule has 1 aromatic carbocycles. The van der Waals surface area contributed by atoms with Gasteiger partial charge in [-0.15, -0.1) is 0 Å². The number of aromatic amines is 1. The Balaban J connectivity index is 1.58. The molecule has 1 unspecified atom stereocenters. The summed E-state index contributed by atoms with van der Waals surface area (Å²) < 4.78 is 11.8. The molecule has 6 nitrogen and oxygen atoms in total. The van der Waals surface area contributed by atoms with Crippen molar-refractivity contribution in [1.29, 1.82) is 0 Å². The number of rotatable bonds is 2. The molecule has 1 atom stereocenters. The van der Waals surface area contributed by atoms with Gasteiger partial charge in [-0.1, -0.05) is 11.6 Å². The Kier molecular flexibility index (Phi) is 4.84. The van der Waals surface area contributed by atoms with Crippen LogP contribution in [0.4, 0.5) is 0 Å². The van der Waals surface area contributed by atoms with Gasteiger partial charge in [-0.2, -0.15) is 0 Å². The summed E-state index contributed by atoms with van der Waals surface area (Å²) in [6.45, 7) is 9.97. The summed E-state index contributed by atoms with van der Waals surface area (Å²) in [7, 11) is 0. The first-order valence-electron chi connectivity index (χ1n) is 9.33. The largest absolute Gasteiger partial charge is 0.377 e. The molecular formula is C20H27N3O3. The lowest BCUT2D eigenvalue weighted by molar-refractivity contribution is -0.135. The lowest BCUT2D eigenvalue weighted by Crippen LogP contribution is -2.58. The highest BCUT2D eigenvalue weighted by molar-refractivity contribution is 5.82. The molecule has 6 heteroatoms. The molecule has 0 aliphatic carbocycles. The van der Waals surface area contributed by atoms with E-state index < -0.39 is 0 Å². The van der Waals surface area contributed by atoms with Crippen molar-refractivity contribution in [2.75, 3.05) is 46.0 Å². The van der Waals surface area contributed by atoms with Gasteiger partial charge in [0.05, 0.1) is 25.3 Å². The molecule has 3 heterocycles. The predicted molar refractivity (Wildman–Crippen MR) is 102 cm³/mol. The second-order valence-electron chi connectivity index (χ2n) is 7.64. The zero-order valence-electron chi connectivity index (χ0n) is 15.6. The number of ether oxygens (including phenoxy) is 2. The second kappa shape index (κ2) is 7.12. The summed E-state index contributed by atoms with van der Waals surface area (Å²) in [5.41, 5.74) is 3.74. The van der Waals surface area contributed by atoms with Crippen LogP contribution in [0, 0.1) is 13.8 Å².